The predicted octanol–water partition coefficient (Wildman–Crippen LogP) is 1.55. The number of aliphatic carboxylic acids is 1. The average molecular weight is 435 g/mol. The summed E-state index contributed by atoms with van der Waals surface area (Å²) in [6, 6.07) is 6.61. The molecule has 0 fully saturated rings. The molecule has 1 rings (SSSR count). The van der Waals surface area contributed by atoms with Crippen LogP contribution >= 0.6 is 23.5 Å². The lowest BCUT2D eigenvalue weighted by Gasteiger charge is -2.21. The fourth-order valence-electron chi connectivity index (χ4n) is 2.30. The number of carbonyl (C=O) groups excluding carboxylic acids is 1. The summed E-state index contributed by atoms with van der Waals surface area (Å²) in [5.74, 6) is -0.852. The van der Waals surface area contributed by atoms with Crippen molar-refractivity contribution in [2.45, 2.75) is 30.7 Å². The van der Waals surface area contributed by atoms with Crippen LogP contribution in [0.5, 0.6) is 0 Å². The highest BCUT2D eigenvalue weighted by molar-refractivity contribution is 7.98. The zero-order valence-electron chi connectivity index (χ0n) is 15.4. The highest BCUT2D eigenvalue weighted by Gasteiger charge is 2.28. The van der Waals surface area contributed by atoms with Gasteiger partial charge < -0.3 is 10.4 Å². The first-order chi connectivity index (χ1) is 12.8. The van der Waals surface area contributed by atoms with Crippen LogP contribution in [-0.4, -0.2) is 61.5 Å². The quantitative estimate of drug-likeness (QED) is 0.432. The van der Waals surface area contributed by atoms with Crippen LogP contribution in [0.4, 0.5) is 0 Å². The Hall–Kier alpha value is -1.23. The predicted molar refractivity (Wildman–Crippen MR) is 112 cm³/mol. The normalized spacial score (nSPS) is 13.7. The number of carbonyl (C=O) groups is 2. The van der Waals surface area contributed by atoms with Crippen LogP contribution in [0, 0.1) is 0 Å². The van der Waals surface area contributed by atoms with Crippen LogP contribution in [0.3, 0.4) is 0 Å². The van der Waals surface area contributed by atoms with E-state index in [-0.39, 0.29) is 18.6 Å². The van der Waals surface area contributed by atoms with Crippen LogP contribution < -0.4 is 10.0 Å². The first kappa shape index (κ1) is 23.8. The van der Waals surface area contributed by atoms with Gasteiger partial charge in [0.05, 0.1) is 5.75 Å². The Morgan fingerprint density at radius 1 is 1.04 bits per heavy atom. The van der Waals surface area contributed by atoms with E-state index in [1.165, 1.54) is 23.5 Å². The molecule has 0 unspecified atom stereocenters. The van der Waals surface area contributed by atoms with Gasteiger partial charge in [-0.1, -0.05) is 30.3 Å². The van der Waals surface area contributed by atoms with E-state index in [2.05, 4.69) is 10.0 Å². The van der Waals surface area contributed by atoms with E-state index in [1.807, 2.05) is 12.5 Å². The summed E-state index contributed by atoms with van der Waals surface area (Å²) >= 11 is 2.96. The van der Waals surface area contributed by atoms with Crippen LogP contribution in [-0.2, 0) is 25.4 Å². The molecule has 1 aromatic rings. The summed E-state index contributed by atoms with van der Waals surface area (Å²) < 4.78 is 27.3. The molecule has 0 bridgehead atoms. The number of thioether (sulfide) groups is 2. The molecule has 27 heavy (non-hydrogen) atoms. The molecule has 1 aromatic carbocycles. The molecule has 152 valence electrons. The van der Waals surface area contributed by atoms with E-state index in [0.29, 0.717) is 17.1 Å². The summed E-state index contributed by atoms with van der Waals surface area (Å²) in [6.45, 7) is 0. The van der Waals surface area contributed by atoms with Crippen molar-refractivity contribution in [2.75, 3.05) is 24.0 Å². The third-order valence-electron chi connectivity index (χ3n) is 3.67. The Morgan fingerprint density at radius 2 is 1.59 bits per heavy atom. The molecule has 2 atom stereocenters. The number of carboxylic acids is 1. The largest absolute Gasteiger partial charge is 0.480 e. The minimum absolute atomic E-state index is 0.244. The van der Waals surface area contributed by atoms with Crippen molar-refractivity contribution < 1.29 is 23.1 Å². The highest BCUT2D eigenvalue weighted by atomic mass is 32.2. The fourth-order valence-corrected chi connectivity index (χ4v) is 4.61. The van der Waals surface area contributed by atoms with Crippen LogP contribution in [0.1, 0.15) is 18.4 Å². The maximum absolute atomic E-state index is 12.5. The molecule has 0 spiro atoms. The highest BCUT2D eigenvalue weighted by Crippen LogP contribution is 2.09. The van der Waals surface area contributed by atoms with Gasteiger partial charge in [-0.3, -0.25) is 4.79 Å². The van der Waals surface area contributed by atoms with Crippen molar-refractivity contribution in [1.29, 1.82) is 0 Å². The molecule has 0 saturated carbocycles. The number of hydrogen-bond donors (Lipinski definition) is 3. The van der Waals surface area contributed by atoms with Gasteiger partial charge in [-0.2, -0.15) is 23.5 Å². The molecule has 0 saturated heterocycles. The summed E-state index contributed by atoms with van der Waals surface area (Å²) in [5.41, 5.74) is 0.609. The van der Waals surface area contributed by atoms with Crippen LogP contribution in [0.25, 0.3) is 0 Å². The van der Waals surface area contributed by atoms with Crippen molar-refractivity contribution in [2.24, 2.45) is 0 Å². The molecule has 0 aliphatic rings. The standard InChI is InChI=1S/C17H26N2O5S3/c1-25-10-8-14(16(20)18-15(17(21)22)9-11-26-2)19-27(23,24)12-13-6-4-3-5-7-13/h3-7,14-15,19H,8-12H2,1-2H3,(H,18,20)(H,21,22)/t14-,15-/m0/s1. The number of rotatable bonds is 13. The number of amides is 1. The summed E-state index contributed by atoms with van der Waals surface area (Å²) in [7, 11) is -3.75. The van der Waals surface area contributed by atoms with Crippen molar-refractivity contribution in [3.63, 3.8) is 0 Å². The lowest BCUT2D eigenvalue weighted by atomic mass is 10.2. The van der Waals surface area contributed by atoms with Crippen molar-refractivity contribution in [3.8, 4) is 0 Å². The number of carboxylic acid groups (broad SMARTS) is 1. The van der Waals surface area contributed by atoms with Gasteiger partial charge >= 0.3 is 5.97 Å². The van der Waals surface area contributed by atoms with Gasteiger partial charge in [0, 0.05) is 0 Å². The molecule has 10 heteroatoms. The molecule has 0 heterocycles. The second-order valence-electron chi connectivity index (χ2n) is 5.88. The van der Waals surface area contributed by atoms with E-state index in [1.54, 1.807) is 30.3 Å². The number of nitrogens with one attached hydrogen (secondary N) is 2. The van der Waals surface area contributed by atoms with Gasteiger partial charge in [0.1, 0.15) is 12.1 Å². The van der Waals surface area contributed by atoms with Crippen molar-refractivity contribution in [1.82, 2.24) is 10.0 Å². The van der Waals surface area contributed by atoms with Gasteiger partial charge in [-0.05, 0) is 42.4 Å². The molecule has 0 radical (unpaired) electrons. The molecule has 0 aliphatic carbocycles. The monoisotopic (exact) mass is 434 g/mol. The Labute approximate surface area is 169 Å². The molecule has 0 aromatic heterocycles. The summed E-state index contributed by atoms with van der Waals surface area (Å²) in [6.07, 6.45) is 4.25. The molecule has 7 nitrogen and oxygen atoms in total. The molecule has 3 N–H and O–H groups in total. The zero-order valence-corrected chi connectivity index (χ0v) is 17.8. The van der Waals surface area contributed by atoms with E-state index < -0.39 is 34.0 Å². The third-order valence-corrected chi connectivity index (χ3v) is 6.32. The van der Waals surface area contributed by atoms with E-state index in [9.17, 15) is 23.1 Å². The first-order valence-corrected chi connectivity index (χ1v) is 12.8. The number of hydrogen-bond acceptors (Lipinski definition) is 6. The molecular weight excluding hydrogens is 408 g/mol. The second-order valence-corrected chi connectivity index (χ2v) is 9.60. The van der Waals surface area contributed by atoms with Gasteiger partial charge in [-0.25, -0.2) is 17.9 Å². The molecule has 1 amide bonds. The fraction of sp³-hybridized carbons (Fsp3) is 0.529. The molecule has 0 aliphatic heterocycles. The van der Waals surface area contributed by atoms with Gasteiger partial charge in [0.15, 0.2) is 0 Å². The van der Waals surface area contributed by atoms with Crippen molar-refractivity contribution in [3.05, 3.63) is 35.9 Å². The van der Waals surface area contributed by atoms with E-state index >= 15 is 0 Å². The summed E-state index contributed by atoms with van der Waals surface area (Å²) in [4.78, 5) is 23.9. The number of benzene rings is 1. The minimum atomic E-state index is -3.75. The average Bonchev–Trinajstić information content (AvgIpc) is 2.62. The van der Waals surface area contributed by atoms with E-state index in [4.69, 9.17) is 0 Å². The maximum atomic E-state index is 12.5. The third kappa shape index (κ3) is 9.50. The smallest absolute Gasteiger partial charge is 0.326 e. The second kappa shape index (κ2) is 12.3. The Bertz CT molecular complexity index is 698. The maximum Gasteiger partial charge on any atom is 0.326 e. The van der Waals surface area contributed by atoms with Crippen LogP contribution in [0.15, 0.2) is 30.3 Å². The van der Waals surface area contributed by atoms with Gasteiger partial charge in [0.25, 0.3) is 0 Å². The van der Waals surface area contributed by atoms with Crippen LogP contribution in [0.2, 0.25) is 0 Å². The Morgan fingerprint density at radius 3 is 2.11 bits per heavy atom. The molecular formula is C17H26N2O5S3. The van der Waals surface area contributed by atoms with E-state index in [0.717, 1.165) is 0 Å². The Balaban J connectivity index is 2.83. The first-order valence-electron chi connectivity index (χ1n) is 8.34. The van der Waals surface area contributed by atoms with Gasteiger partial charge in [0.2, 0.25) is 15.9 Å². The van der Waals surface area contributed by atoms with Gasteiger partial charge in [-0.15, -0.1) is 0 Å². The van der Waals surface area contributed by atoms with Crippen molar-refractivity contribution >= 4 is 45.4 Å². The zero-order chi connectivity index (χ0) is 20.3. The topological polar surface area (TPSA) is 113 Å². The minimum Gasteiger partial charge on any atom is -0.480 e. The Kier molecular flexibility index (Phi) is 10.8. The SMILES string of the molecule is CSCC[C@H](NC(=O)[C@H](CCSC)NS(=O)(=O)Cc1ccccc1)C(=O)O. The summed E-state index contributed by atoms with van der Waals surface area (Å²) in [5, 5.41) is 11.7. The lowest BCUT2D eigenvalue weighted by molar-refractivity contribution is -0.142. The number of sulfonamides is 1. The lowest BCUT2D eigenvalue weighted by Crippen LogP contribution is -2.52.